The lowest BCUT2D eigenvalue weighted by Crippen LogP contribution is -2.06. The first kappa shape index (κ1) is 14.3. The van der Waals surface area contributed by atoms with Gasteiger partial charge in [-0.2, -0.15) is 0 Å². The van der Waals surface area contributed by atoms with E-state index in [0.717, 1.165) is 27.8 Å². The van der Waals surface area contributed by atoms with Gasteiger partial charge in [-0.25, -0.2) is 13.2 Å². The fraction of sp³-hybridized carbons (Fsp3) is 0.200. The maximum Gasteiger partial charge on any atom is 0.152 e. The Labute approximate surface area is 128 Å². The molecule has 2 aromatic rings. The van der Waals surface area contributed by atoms with E-state index in [1.807, 2.05) is 12.1 Å². The summed E-state index contributed by atoms with van der Waals surface area (Å²) in [5, 5.41) is 2.66. The zero-order valence-corrected chi connectivity index (χ0v) is 12.4. The van der Waals surface area contributed by atoms with Crippen LogP contribution in [-0.4, -0.2) is 6.61 Å². The summed E-state index contributed by atoms with van der Waals surface area (Å²) in [6.45, 7) is 0.777. The molecular weight excluding hydrogens is 347 g/mol. The van der Waals surface area contributed by atoms with E-state index in [9.17, 15) is 13.2 Å². The Morgan fingerprint density at radius 1 is 1.10 bits per heavy atom. The Balaban J connectivity index is 1.86. The van der Waals surface area contributed by atoms with Gasteiger partial charge in [0.1, 0.15) is 17.3 Å². The summed E-state index contributed by atoms with van der Waals surface area (Å²) >= 11 is 3.40. The highest BCUT2D eigenvalue weighted by atomic mass is 79.9. The molecule has 1 heterocycles. The number of nitrogens with one attached hydrogen (secondary N) is 1. The normalized spacial score (nSPS) is 13.0. The van der Waals surface area contributed by atoms with Crippen LogP contribution in [0.3, 0.4) is 0 Å². The highest BCUT2D eigenvalue weighted by Crippen LogP contribution is 2.33. The Morgan fingerprint density at radius 3 is 2.52 bits per heavy atom. The van der Waals surface area contributed by atoms with E-state index in [-0.39, 0.29) is 12.2 Å². The van der Waals surface area contributed by atoms with Gasteiger partial charge in [-0.3, -0.25) is 0 Å². The molecule has 21 heavy (non-hydrogen) atoms. The van der Waals surface area contributed by atoms with Crippen LogP contribution in [0.15, 0.2) is 28.7 Å². The van der Waals surface area contributed by atoms with E-state index in [0.29, 0.717) is 18.7 Å². The number of fused-ring (bicyclic) bond motifs is 1. The van der Waals surface area contributed by atoms with Crippen molar-refractivity contribution in [3.8, 4) is 5.75 Å². The van der Waals surface area contributed by atoms with E-state index in [2.05, 4.69) is 21.2 Å². The predicted molar refractivity (Wildman–Crippen MR) is 77.0 cm³/mol. The third kappa shape index (κ3) is 2.85. The molecule has 0 radical (unpaired) electrons. The van der Waals surface area contributed by atoms with E-state index in [1.165, 1.54) is 0 Å². The maximum absolute atomic E-state index is 13.6. The lowest BCUT2D eigenvalue weighted by molar-refractivity contribution is 0.353. The molecule has 0 unspecified atom stereocenters. The first-order valence-corrected chi connectivity index (χ1v) is 7.16. The van der Waals surface area contributed by atoms with Gasteiger partial charge in [-0.05, 0) is 17.7 Å². The lowest BCUT2D eigenvalue weighted by atomic mass is 10.1. The minimum absolute atomic E-state index is 0.182. The van der Waals surface area contributed by atoms with Crippen LogP contribution < -0.4 is 10.1 Å². The van der Waals surface area contributed by atoms with Crippen molar-refractivity contribution < 1.29 is 17.9 Å². The molecule has 1 aliphatic heterocycles. The van der Waals surface area contributed by atoms with Crippen LogP contribution in [0, 0.1) is 17.5 Å². The van der Waals surface area contributed by atoms with E-state index in [1.54, 1.807) is 0 Å². The Bertz CT molecular complexity index is 683. The highest BCUT2D eigenvalue weighted by Gasteiger charge is 2.18. The van der Waals surface area contributed by atoms with Gasteiger partial charge < -0.3 is 10.1 Å². The Hall–Kier alpha value is -1.69. The summed E-state index contributed by atoms with van der Waals surface area (Å²) in [5.41, 5.74) is 1.50. The van der Waals surface area contributed by atoms with Crippen molar-refractivity contribution in [2.75, 3.05) is 11.9 Å². The van der Waals surface area contributed by atoms with E-state index >= 15 is 0 Å². The van der Waals surface area contributed by atoms with Crippen LogP contribution in [0.25, 0.3) is 0 Å². The van der Waals surface area contributed by atoms with Crippen LogP contribution in [0.5, 0.6) is 5.75 Å². The van der Waals surface area contributed by atoms with Gasteiger partial charge in [0, 0.05) is 35.1 Å². The topological polar surface area (TPSA) is 21.3 Å². The van der Waals surface area contributed by atoms with Gasteiger partial charge in [0.25, 0.3) is 0 Å². The van der Waals surface area contributed by atoms with Crippen molar-refractivity contribution in [1.29, 1.82) is 0 Å². The van der Waals surface area contributed by atoms with Crippen molar-refractivity contribution in [3.05, 3.63) is 57.3 Å². The minimum atomic E-state index is -0.958. The van der Waals surface area contributed by atoms with Gasteiger partial charge in [0.15, 0.2) is 11.6 Å². The summed E-state index contributed by atoms with van der Waals surface area (Å²) in [6.07, 6.45) is 0.807. The molecule has 1 aliphatic rings. The van der Waals surface area contributed by atoms with E-state index in [4.69, 9.17) is 4.74 Å². The summed E-state index contributed by atoms with van der Waals surface area (Å²) in [6, 6.07) is 5.09. The molecule has 0 spiro atoms. The summed E-state index contributed by atoms with van der Waals surface area (Å²) in [4.78, 5) is 0. The maximum atomic E-state index is 13.6. The fourth-order valence-corrected chi connectivity index (χ4v) is 2.92. The van der Waals surface area contributed by atoms with Gasteiger partial charge in [0.2, 0.25) is 0 Å². The zero-order valence-electron chi connectivity index (χ0n) is 10.9. The van der Waals surface area contributed by atoms with Crippen LogP contribution in [0.4, 0.5) is 18.9 Å². The molecule has 110 valence electrons. The third-order valence-corrected chi connectivity index (χ3v) is 3.75. The van der Waals surface area contributed by atoms with Crippen molar-refractivity contribution in [1.82, 2.24) is 0 Å². The fourth-order valence-electron chi connectivity index (χ4n) is 2.37. The largest absolute Gasteiger partial charge is 0.493 e. The van der Waals surface area contributed by atoms with Crippen molar-refractivity contribution in [2.24, 2.45) is 0 Å². The molecule has 0 saturated carbocycles. The summed E-state index contributed by atoms with van der Waals surface area (Å²) in [5.74, 6) is -2.11. The number of anilines is 1. The molecule has 0 aliphatic carbocycles. The minimum Gasteiger partial charge on any atom is -0.493 e. The quantitative estimate of drug-likeness (QED) is 0.878. The van der Waals surface area contributed by atoms with E-state index < -0.39 is 17.5 Å². The predicted octanol–water partition coefficient (Wildman–Crippen LogP) is 4.41. The van der Waals surface area contributed by atoms with Crippen LogP contribution >= 0.6 is 15.9 Å². The molecule has 1 N–H and O–H groups in total. The van der Waals surface area contributed by atoms with Crippen molar-refractivity contribution in [3.63, 3.8) is 0 Å². The monoisotopic (exact) mass is 357 g/mol. The molecular formula is C15H11BrF3NO. The number of ether oxygens (including phenoxy) is 1. The molecule has 6 heteroatoms. The first-order chi connectivity index (χ1) is 10.0. The standard InChI is InChI=1S/C15H11BrF3NO/c16-10-3-8-1-2-21-15(8)9(4-10)7-20-14-12(18)5-11(17)6-13(14)19/h3-6,20H,1-2,7H2. The summed E-state index contributed by atoms with van der Waals surface area (Å²) < 4.78 is 46.5. The molecule has 0 bridgehead atoms. The average molecular weight is 358 g/mol. The lowest BCUT2D eigenvalue weighted by Gasteiger charge is -2.12. The number of hydrogen-bond donors (Lipinski definition) is 1. The SMILES string of the molecule is Fc1cc(F)c(NCc2cc(Br)cc3c2OCC3)c(F)c1. The number of rotatable bonds is 3. The molecule has 0 atom stereocenters. The van der Waals surface area contributed by atoms with Gasteiger partial charge in [0.05, 0.1) is 6.61 Å². The van der Waals surface area contributed by atoms with Crippen LogP contribution in [0.1, 0.15) is 11.1 Å². The summed E-state index contributed by atoms with van der Waals surface area (Å²) in [7, 11) is 0. The van der Waals surface area contributed by atoms with Gasteiger partial charge in [-0.1, -0.05) is 15.9 Å². The van der Waals surface area contributed by atoms with Gasteiger partial charge >= 0.3 is 0 Å². The van der Waals surface area contributed by atoms with Crippen LogP contribution in [0.2, 0.25) is 0 Å². The van der Waals surface area contributed by atoms with Crippen molar-refractivity contribution in [2.45, 2.75) is 13.0 Å². The molecule has 3 rings (SSSR count). The van der Waals surface area contributed by atoms with Crippen LogP contribution in [-0.2, 0) is 13.0 Å². The highest BCUT2D eigenvalue weighted by molar-refractivity contribution is 9.10. The Morgan fingerprint density at radius 2 is 1.81 bits per heavy atom. The molecule has 0 fully saturated rings. The first-order valence-electron chi connectivity index (χ1n) is 6.37. The molecule has 0 saturated heterocycles. The second-order valence-electron chi connectivity index (χ2n) is 4.75. The second-order valence-corrected chi connectivity index (χ2v) is 5.67. The van der Waals surface area contributed by atoms with Gasteiger partial charge in [-0.15, -0.1) is 0 Å². The third-order valence-electron chi connectivity index (χ3n) is 3.29. The Kier molecular flexibility index (Phi) is 3.80. The number of halogens is 4. The molecule has 2 aromatic carbocycles. The van der Waals surface area contributed by atoms with Crippen molar-refractivity contribution >= 4 is 21.6 Å². The second kappa shape index (κ2) is 5.60. The average Bonchev–Trinajstić information content (AvgIpc) is 2.85. The number of hydrogen-bond acceptors (Lipinski definition) is 2. The zero-order chi connectivity index (χ0) is 15.0. The molecule has 0 aromatic heterocycles. The number of benzene rings is 2. The smallest absolute Gasteiger partial charge is 0.152 e. The molecule has 2 nitrogen and oxygen atoms in total. The molecule has 0 amide bonds.